The minimum Gasteiger partial charge on any atom is -0.488 e. The van der Waals surface area contributed by atoms with Crippen LogP contribution in [0.15, 0.2) is 77.7 Å². The summed E-state index contributed by atoms with van der Waals surface area (Å²) in [6.07, 6.45) is -4.24. The Morgan fingerprint density at radius 1 is 1.00 bits per heavy atom. The van der Waals surface area contributed by atoms with Gasteiger partial charge in [0, 0.05) is 24.1 Å². The van der Waals surface area contributed by atoms with E-state index in [0.29, 0.717) is 36.2 Å². The monoisotopic (exact) mass is 618 g/mol. The number of nitrogens with zero attached hydrogens (tertiary/aromatic N) is 1. The maximum Gasteiger partial charge on any atom is 0.416 e. The number of hydrogen-bond donors (Lipinski definition) is 2. The van der Waals surface area contributed by atoms with E-state index in [1.165, 1.54) is 24.3 Å². The molecule has 0 bridgehead atoms. The topological polar surface area (TPSA) is 113 Å². The number of carbonyl (C=O) groups is 2. The second-order valence-corrected chi connectivity index (χ2v) is 12.5. The van der Waals surface area contributed by atoms with E-state index in [0.717, 1.165) is 12.1 Å². The van der Waals surface area contributed by atoms with Gasteiger partial charge in [0.2, 0.25) is 0 Å². The van der Waals surface area contributed by atoms with Crippen LogP contribution < -0.4 is 15.0 Å². The highest BCUT2D eigenvalue weighted by Gasteiger charge is 2.37. The van der Waals surface area contributed by atoms with E-state index in [-0.39, 0.29) is 22.2 Å². The third-order valence-corrected chi connectivity index (χ3v) is 9.19. The summed E-state index contributed by atoms with van der Waals surface area (Å²) in [6, 6.07) is 15.7. The molecule has 1 amide bonds. The van der Waals surface area contributed by atoms with Crippen LogP contribution in [0.4, 0.5) is 18.9 Å². The number of hydrogen-bond acceptors (Lipinski definition) is 7. The molecule has 230 valence electrons. The van der Waals surface area contributed by atoms with Gasteiger partial charge in [0.1, 0.15) is 11.9 Å². The number of aliphatic hydroxyl groups excluding tert-OH is 1. The standard InChI is InChI=1S/C31H33F3N2O6S/c1-3-29(38)28-17-25(42-24-13-9-22(10-14-24)31(32,33)34)18-36(28)23-11-5-21(6-12-23)30(39)35-27(19-37)20-7-15-26(16-8-20)43(40,41)4-2/h5-16,25,27-28,37H,3-4,17-19H2,1-2H3,(H,35,39)/t25-,27+,28+/m1/s1. The van der Waals surface area contributed by atoms with Crippen molar-refractivity contribution >= 4 is 27.2 Å². The number of sulfone groups is 1. The Hall–Kier alpha value is -3.90. The highest BCUT2D eigenvalue weighted by molar-refractivity contribution is 7.91. The summed E-state index contributed by atoms with van der Waals surface area (Å²) in [7, 11) is -3.38. The van der Waals surface area contributed by atoms with E-state index in [2.05, 4.69) is 5.32 Å². The first kappa shape index (κ1) is 32.0. The fourth-order valence-corrected chi connectivity index (χ4v) is 5.86. The van der Waals surface area contributed by atoms with E-state index < -0.39 is 52.3 Å². The highest BCUT2D eigenvalue weighted by Crippen LogP contribution is 2.33. The van der Waals surface area contributed by atoms with Gasteiger partial charge in [-0.2, -0.15) is 13.2 Å². The van der Waals surface area contributed by atoms with Crippen LogP contribution >= 0.6 is 0 Å². The van der Waals surface area contributed by atoms with Gasteiger partial charge in [-0.25, -0.2) is 8.42 Å². The first-order valence-electron chi connectivity index (χ1n) is 13.8. The average molecular weight is 619 g/mol. The summed E-state index contributed by atoms with van der Waals surface area (Å²) >= 11 is 0. The van der Waals surface area contributed by atoms with E-state index in [1.54, 1.807) is 50.2 Å². The molecule has 4 rings (SSSR count). The predicted octanol–water partition coefficient (Wildman–Crippen LogP) is 4.97. The molecular weight excluding hydrogens is 585 g/mol. The number of carbonyl (C=O) groups excluding carboxylic acids is 2. The molecule has 3 aromatic carbocycles. The SMILES string of the molecule is CCC(=O)[C@@H]1C[C@@H](Oc2ccc(C(F)(F)F)cc2)CN1c1ccc(C(=O)N[C@@H](CO)c2ccc(S(=O)(=O)CC)cc2)cc1. The summed E-state index contributed by atoms with van der Waals surface area (Å²) in [5.41, 5.74) is 0.747. The molecule has 1 saturated heterocycles. The molecule has 3 atom stereocenters. The van der Waals surface area contributed by atoms with Crippen molar-refractivity contribution in [1.82, 2.24) is 5.32 Å². The van der Waals surface area contributed by atoms with Crippen LogP contribution in [0.2, 0.25) is 0 Å². The number of Topliss-reactive ketones (excluding diaryl/α,β-unsaturated/α-hetero) is 1. The Balaban J connectivity index is 1.44. The molecule has 2 N–H and O–H groups in total. The number of nitrogens with one attached hydrogen (secondary N) is 1. The largest absolute Gasteiger partial charge is 0.488 e. The molecule has 43 heavy (non-hydrogen) atoms. The normalized spacial score (nSPS) is 17.9. The Bertz CT molecular complexity index is 1530. The van der Waals surface area contributed by atoms with Crippen molar-refractivity contribution in [2.75, 3.05) is 23.8 Å². The van der Waals surface area contributed by atoms with E-state index >= 15 is 0 Å². The molecule has 0 aliphatic carbocycles. The predicted molar refractivity (Wildman–Crippen MR) is 155 cm³/mol. The van der Waals surface area contributed by atoms with Crippen LogP contribution in [0.1, 0.15) is 54.2 Å². The lowest BCUT2D eigenvalue weighted by atomic mass is 10.1. The van der Waals surface area contributed by atoms with Gasteiger partial charge < -0.3 is 20.1 Å². The van der Waals surface area contributed by atoms with Crippen molar-refractivity contribution in [2.45, 2.75) is 55.9 Å². The molecule has 0 spiro atoms. The molecule has 1 heterocycles. The molecule has 8 nitrogen and oxygen atoms in total. The summed E-state index contributed by atoms with van der Waals surface area (Å²) in [4.78, 5) is 27.8. The molecule has 12 heteroatoms. The van der Waals surface area contributed by atoms with Crippen molar-refractivity contribution in [2.24, 2.45) is 0 Å². The van der Waals surface area contributed by atoms with Gasteiger partial charge in [-0.05, 0) is 66.2 Å². The number of ether oxygens (including phenoxy) is 1. The zero-order chi connectivity index (χ0) is 31.4. The lowest BCUT2D eigenvalue weighted by Gasteiger charge is -2.25. The van der Waals surface area contributed by atoms with Crippen LogP contribution in [-0.2, 0) is 20.8 Å². The van der Waals surface area contributed by atoms with Crippen LogP contribution in [0, 0.1) is 0 Å². The number of ketones is 1. The third kappa shape index (κ3) is 7.55. The quantitative estimate of drug-likeness (QED) is 0.312. The summed E-state index contributed by atoms with van der Waals surface area (Å²) in [5, 5.41) is 12.6. The summed E-state index contributed by atoms with van der Waals surface area (Å²) < 4.78 is 68.8. The molecule has 0 radical (unpaired) electrons. The third-order valence-electron chi connectivity index (χ3n) is 7.44. The molecule has 0 saturated carbocycles. The van der Waals surface area contributed by atoms with Gasteiger partial charge in [-0.3, -0.25) is 9.59 Å². The Kier molecular flexibility index (Phi) is 9.81. The van der Waals surface area contributed by atoms with Crippen molar-refractivity contribution < 1.29 is 41.0 Å². The van der Waals surface area contributed by atoms with Gasteiger partial charge in [0.05, 0.1) is 41.4 Å². The van der Waals surface area contributed by atoms with Crippen LogP contribution in [0.5, 0.6) is 5.75 Å². The minimum atomic E-state index is -4.45. The second-order valence-electron chi connectivity index (χ2n) is 10.2. The molecular formula is C31H33F3N2O6S. The summed E-state index contributed by atoms with van der Waals surface area (Å²) in [6.45, 7) is 3.22. The number of halogens is 3. The zero-order valence-corrected chi connectivity index (χ0v) is 24.5. The minimum absolute atomic E-state index is 0.0103. The fourth-order valence-electron chi connectivity index (χ4n) is 4.98. The molecule has 3 aromatic rings. The average Bonchev–Trinajstić information content (AvgIpc) is 3.43. The fraction of sp³-hybridized carbons (Fsp3) is 0.355. The van der Waals surface area contributed by atoms with Crippen molar-refractivity contribution in [3.63, 3.8) is 0 Å². The van der Waals surface area contributed by atoms with Gasteiger partial charge in [0.15, 0.2) is 15.6 Å². The highest BCUT2D eigenvalue weighted by atomic mass is 32.2. The lowest BCUT2D eigenvalue weighted by molar-refractivity contribution is -0.137. The Morgan fingerprint density at radius 2 is 1.63 bits per heavy atom. The molecule has 1 aliphatic heterocycles. The van der Waals surface area contributed by atoms with Gasteiger partial charge in [-0.15, -0.1) is 0 Å². The number of rotatable bonds is 11. The van der Waals surface area contributed by atoms with E-state index in [1.807, 2.05) is 4.90 Å². The first-order chi connectivity index (χ1) is 20.4. The van der Waals surface area contributed by atoms with Gasteiger partial charge >= 0.3 is 6.18 Å². The number of anilines is 1. The number of alkyl halides is 3. The Labute approximate surface area is 248 Å². The second kappa shape index (κ2) is 13.2. The zero-order valence-electron chi connectivity index (χ0n) is 23.7. The number of benzene rings is 3. The molecule has 1 fully saturated rings. The van der Waals surface area contributed by atoms with Gasteiger partial charge in [-0.1, -0.05) is 26.0 Å². The van der Waals surface area contributed by atoms with Crippen LogP contribution in [-0.4, -0.2) is 56.3 Å². The van der Waals surface area contributed by atoms with Crippen LogP contribution in [0.3, 0.4) is 0 Å². The molecule has 1 aliphatic rings. The molecule has 0 aromatic heterocycles. The van der Waals surface area contributed by atoms with Crippen LogP contribution in [0.25, 0.3) is 0 Å². The lowest BCUT2D eigenvalue weighted by Crippen LogP contribution is -2.36. The maximum atomic E-state index is 13.0. The van der Waals surface area contributed by atoms with E-state index in [4.69, 9.17) is 4.74 Å². The number of amides is 1. The number of aliphatic hydroxyl groups is 1. The van der Waals surface area contributed by atoms with Crippen molar-refractivity contribution in [3.8, 4) is 5.75 Å². The van der Waals surface area contributed by atoms with E-state index in [9.17, 15) is 36.3 Å². The molecule has 0 unspecified atom stereocenters. The maximum absolute atomic E-state index is 13.0. The summed E-state index contributed by atoms with van der Waals surface area (Å²) in [5.74, 6) is -0.236. The smallest absolute Gasteiger partial charge is 0.416 e. The van der Waals surface area contributed by atoms with Crippen molar-refractivity contribution in [3.05, 3.63) is 89.5 Å². The van der Waals surface area contributed by atoms with Crippen molar-refractivity contribution in [1.29, 1.82) is 0 Å². The Morgan fingerprint density at radius 3 is 2.16 bits per heavy atom. The van der Waals surface area contributed by atoms with Gasteiger partial charge in [0.25, 0.3) is 5.91 Å². The first-order valence-corrected chi connectivity index (χ1v) is 15.5.